The molecule has 26 heavy (non-hydrogen) atoms. The molecular weight excluding hydrogens is 396 g/mol. The van der Waals surface area contributed by atoms with Crippen molar-refractivity contribution in [3.8, 4) is 11.8 Å². The lowest BCUT2D eigenvalue weighted by molar-refractivity contribution is -0.384. The summed E-state index contributed by atoms with van der Waals surface area (Å²) in [7, 11) is 1.60. The van der Waals surface area contributed by atoms with Gasteiger partial charge in [-0.25, -0.2) is 0 Å². The number of ether oxygens (including phenoxy) is 1. The summed E-state index contributed by atoms with van der Waals surface area (Å²) in [6.07, 6.45) is 1.74. The van der Waals surface area contributed by atoms with Gasteiger partial charge in [-0.3, -0.25) is 10.1 Å². The molecule has 0 aliphatic heterocycles. The van der Waals surface area contributed by atoms with Crippen LogP contribution in [-0.4, -0.2) is 12.0 Å². The van der Waals surface area contributed by atoms with Crippen LogP contribution in [0.25, 0.3) is 11.6 Å². The van der Waals surface area contributed by atoms with Gasteiger partial charge in [-0.1, -0.05) is 36.7 Å². The number of benzene rings is 2. The summed E-state index contributed by atoms with van der Waals surface area (Å²) < 4.78 is 6.51. The molecule has 0 fully saturated rings. The summed E-state index contributed by atoms with van der Waals surface area (Å²) in [6, 6.07) is 12.0. The Labute approximate surface area is 161 Å². The topological polar surface area (TPSA) is 76.2 Å². The number of rotatable bonds is 4. The minimum atomic E-state index is -0.466. The van der Waals surface area contributed by atoms with Gasteiger partial charge in [0.1, 0.15) is 5.75 Å². The van der Waals surface area contributed by atoms with Crippen molar-refractivity contribution in [2.75, 3.05) is 7.11 Å². The lowest BCUT2D eigenvalue weighted by atomic mass is 9.85. The summed E-state index contributed by atoms with van der Waals surface area (Å²) in [5.74, 6) is 0.704. The molecule has 0 aliphatic carbocycles. The summed E-state index contributed by atoms with van der Waals surface area (Å²) in [5.41, 5.74) is 2.63. The number of allylic oxidation sites excluding steroid dienone is 1. The molecule has 0 saturated heterocycles. The van der Waals surface area contributed by atoms with Crippen molar-refractivity contribution in [1.29, 1.82) is 5.26 Å². The number of nitro benzene ring substituents is 1. The molecule has 0 atom stereocenters. The van der Waals surface area contributed by atoms with Crippen molar-refractivity contribution in [2.45, 2.75) is 26.2 Å². The second-order valence-electron chi connectivity index (χ2n) is 6.80. The lowest BCUT2D eigenvalue weighted by Gasteiger charge is -2.24. The van der Waals surface area contributed by atoms with Gasteiger partial charge >= 0.3 is 0 Å². The van der Waals surface area contributed by atoms with Crippen LogP contribution >= 0.6 is 15.9 Å². The molecule has 0 unspecified atom stereocenters. The molecule has 0 aromatic heterocycles. The van der Waals surface area contributed by atoms with Gasteiger partial charge in [0.15, 0.2) is 0 Å². The van der Waals surface area contributed by atoms with Crippen molar-refractivity contribution >= 4 is 33.3 Å². The quantitative estimate of drug-likeness (QED) is 0.277. The molecule has 0 bridgehead atoms. The average molecular weight is 415 g/mol. The first-order valence-electron chi connectivity index (χ1n) is 7.92. The van der Waals surface area contributed by atoms with E-state index in [4.69, 9.17) is 4.74 Å². The predicted octanol–water partition coefficient (Wildman–Crippen LogP) is 5.73. The van der Waals surface area contributed by atoms with Crippen LogP contribution in [0.4, 0.5) is 5.69 Å². The fraction of sp³-hybridized carbons (Fsp3) is 0.250. The highest BCUT2D eigenvalue weighted by Crippen LogP contribution is 2.38. The highest BCUT2D eigenvalue weighted by molar-refractivity contribution is 9.10. The Morgan fingerprint density at radius 2 is 1.88 bits per heavy atom. The Kier molecular flexibility index (Phi) is 5.83. The molecule has 5 nitrogen and oxygen atoms in total. The third-order valence-corrected chi connectivity index (χ3v) is 4.36. The van der Waals surface area contributed by atoms with Gasteiger partial charge in [-0.2, -0.15) is 5.26 Å². The molecule has 134 valence electrons. The maximum atomic E-state index is 10.8. The zero-order valence-electron chi connectivity index (χ0n) is 15.0. The third kappa shape index (κ3) is 4.30. The minimum absolute atomic E-state index is 0.0129. The van der Waals surface area contributed by atoms with Gasteiger partial charge in [0, 0.05) is 27.7 Å². The van der Waals surface area contributed by atoms with E-state index in [1.807, 2.05) is 12.1 Å². The van der Waals surface area contributed by atoms with Crippen molar-refractivity contribution in [1.82, 2.24) is 0 Å². The Hall–Kier alpha value is -2.65. The van der Waals surface area contributed by atoms with E-state index in [2.05, 4.69) is 42.8 Å². The van der Waals surface area contributed by atoms with Crippen LogP contribution in [-0.2, 0) is 5.41 Å². The van der Waals surface area contributed by atoms with Crippen molar-refractivity contribution in [3.05, 3.63) is 67.7 Å². The number of nitriles is 1. The number of halogens is 1. The number of nitrogens with zero attached hydrogens (tertiary/aromatic N) is 2. The predicted molar refractivity (Wildman–Crippen MR) is 106 cm³/mol. The van der Waals surface area contributed by atoms with Crippen LogP contribution in [0.2, 0.25) is 0 Å². The molecule has 0 spiro atoms. The van der Waals surface area contributed by atoms with Gasteiger partial charge in [-0.05, 0) is 41.3 Å². The Morgan fingerprint density at radius 1 is 1.27 bits per heavy atom. The summed E-state index contributed by atoms with van der Waals surface area (Å²) >= 11 is 3.52. The van der Waals surface area contributed by atoms with Crippen LogP contribution < -0.4 is 4.74 Å². The monoisotopic (exact) mass is 414 g/mol. The SMILES string of the molecule is COc1c(C=C(C#N)c2ccc([N+](=O)[O-])cc2)cc(Br)cc1C(C)(C)C. The molecule has 0 N–H and O–H groups in total. The highest BCUT2D eigenvalue weighted by Gasteiger charge is 2.22. The van der Waals surface area contributed by atoms with E-state index in [1.54, 1.807) is 25.3 Å². The van der Waals surface area contributed by atoms with Gasteiger partial charge < -0.3 is 4.74 Å². The Morgan fingerprint density at radius 3 is 2.35 bits per heavy atom. The zero-order chi connectivity index (χ0) is 19.5. The second-order valence-corrected chi connectivity index (χ2v) is 7.72. The van der Waals surface area contributed by atoms with Crippen molar-refractivity contribution in [3.63, 3.8) is 0 Å². The lowest BCUT2D eigenvalue weighted by Crippen LogP contribution is -2.13. The standard InChI is InChI=1S/C20H19BrN2O3/c1-20(2,3)18-11-16(21)10-14(19(18)26-4)9-15(12-22)13-5-7-17(8-6-13)23(24)25/h5-11H,1-4H3. The Bertz CT molecular complexity index is 904. The van der Waals surface area contributed by atoms with Crippen LogP contribution in [0, 0.1) is 21.4 Å². The largest absolute Gasteiger partial charge is 0.496 e. The van der Waals surface area contributed by atoms with E-state index in [0.29, 0.717) is 16.9 Å². The molecule has 2 aromatic rings. The summed E-state index contributed by atoms with van der Waals surface area (Å²) in [4.78, 5) is 10.3. The van der Waals surface area contributed by atoms with E-state index in [9.17, 15) is 15.4 Å². The number of methoxy groups -OCH3 is 1. The maximum Gasteiger partial charge on any atom is 0.269 e. The van der Waals surface area contributed by atoms with Crippen LogP contribution in [0.5, 0.6) is 5.75 Å². The number of hydrogen-bond acceptors (Lipinski definition) is 4. The fourth-order valence-corrected chi connectivity index (χ4v) is 3.08. The normalized spacial score (nSPS) is 11.8. The van der Waals surface area contributed by atoms with Crippen LogP contribution in [0.15, 0.2) is 40.9 Å². The molecule has 0 radical (unpaired) electrons. The smallest absolute Gasteiger partial charge is 0.269 e. The van der Waals surface area contributed by atoms with E-state index >= 15 is 0 Å². The van der Waals surface area contributed by atoms with Crippen molar-refractivity contribution < 1.29 is 9.66 Å². The highest BCUT2D eigenvalue weighted by atomic mass is 79.9. The van der Waals surface area contributed by atoms with Gasteiger partial charge in [0.25, 0.3) is 5.69 Å². The average Bonchev–Trinajstić information content (AvgIpc) is 2.58. The molecule has 0 saturated carbocycles. The number of non-ortho nitro benzene ring substituents is 1. The molecule has 0 aliphatic rings. The molecule has 0 amide bonds. The Balaban J connectivity index is 2.61. The third-order valence-electron chi connectivity index (χ3n) is 3.90. The number of hydrogen-bond donors (Lipinski definition) is 0. The molecule has 6 heteroatoms. The molecule has 2 aromatic carbocycles. The van der Waals surface area contributed by atoms with E-state index in [-0.39, 0.29) is 11.1 Å². The van der Waals surface area contributed by atoms with Gasteiger partial charge in [0.05, 0.1) is 23.7 Å². The first-order valence-corrected chi connectivity index (χ1v) is 8.71. The maximum absolute atomic E-state index is 10.8. The number of nitro groups is 1. The molecule has 2 rings (SSSR count). The van der Waals surface area contributed by atoms with Crippen LogP contribution in [0.1, 0.15) is 37.5 Å². The summed E-state index contributed by atoms with van der Waals surface area (Å²) in [6.45, 7) is 6.27. The summed E-state index contributed by atoms with van der Waals surface area (Å²) in [5, 5.41) is 20.4. The first-order chi connectivity index (χ1) is 12.2. The zero-order valence-corrected chi connectivity index (χ0v) is 16.6. The van der Waals surface area contributed by atoms with Crippen molar-refractivity contribution in [2.24, 2.45) is 0 Å². The van der Waals surface area contributed by atoms with Crippen LogP contribution in [0.3, 0.4) is 0 Å². The van der Waals surface area contributed by atoms with E-state index < -0.39 is 4.92 Å². The minimum Gasteiger partial charge on any atom is -0.496 e. The molecule has 0 heterocycles. The fourth-order valence-electron chi connectivity index (χ4n) is 2.61. The molecular formula is C20H19BrN2O3. The van der Waals surface area contributed by atoms with E-state index in [0.717, 1.165) is 15.6 Å². The first kappa shape index (κ1) is 19.7. The van der Waals surface area contributed by atoms with Gasteiger partial charge in [-0.15, -0.1) is 0 Å². The van der Waals surface area contributed by atoms with E-state index in [1.165, 1.54) is 12.1 Å². The second kappa shape index (κ2) is 7.71. The van der Waals surface area contributed by atoms with Gasteiger partial charge in [0.2, 0.25) is 0 Å².